The first-order chi connectivity index (χ1) is 7.24. The highest BCUT2D eigenvalue weighted by Gasteiger charge is 2.20. The van der Waals surface area contributed by atoms with Crippen LogP contribution in [0.3, 0.4) is 0 Å². The van der Waals surface area contributed by atoms with E-state index in [1.165, 1.54) is 0 Å². The average Bonchev–Trinajstić information content (AvgIpc) is 2.69. The Kier molecular flexibility index (Phi) is 3.00. The molecule has 0 amide bonds. The Morgan fingerprint density at radius 1 is 1.53 bits per heavy atom. The quantitative estimate of drug-likeness (QED) is 0.806. The van der Waals surface area contributed by atoms with Crippen molar-refractivity contribution in [1.82, 2.24) is 5.48 Å². The van der Waals surface area contributed by atoms with E-state index in [4.69, 9.17) is 25.9 Å². The first kappa shape index (κ1) is 10.5. The molecule has 5 heteroatoms. The van der Waals surface area contributed by atoms with Crippen LogP contribution in [0, 0.1) is 6.92 Å². The van der Waals surface area contributed by atoms with Gasteiger partial charge in [-0.3, -0.25) is 0 Å². The molecule has 0 fully saturated rings. The lowest BCUT2D eigenvalue weighted by molar-refractivity contribution is 0.0867. The third kappa shape index (κ3) is 1.88. The van der Waals surface area contributed by atoms with Gasteiger partial charge in [0.05, 0.1) is 12.1 Å². The summed E-state index contributed by atoms with van der Waals surface area (Å²) < 4.78 is 10.6. The minimum atomic E-state index is 0.258. The molecule has 1 aromatic carbocycles. The summed E-state index contributed by atoms with van der Waals surface area (Å²) in [6.45, 7) is 2.70. The van der Waals surface area contributed by atoms with Gasteiger partial charge in [-0.2, -0.15) is 5.48 Å². The summed E-state index contributed by atoms with van der Waals surface area (Å²) in [7, 11) is 1.56. The number of hydroxylamine groups is 1. The second-order valence-electron chi connectivity index (χ2n) is 3.23. The number of rotatable bonds is 3. The molecule has 1 N–H and O–H groups in total. The van der Waals surface area contributed by atoms with Crippen LogP contribution in [0.4, 0.5) is 0 Å². The summed E-state index contributed by atoms with van der Waals surface area (Å²) in [5, 5.41) is 0.684. The predicted molar refractivity (Wildman–Crippen MR) is 56.2 cm³/mol. The van der Waals surface area contributed by atoms with Gasteiger partial charge in [0.15, 0.2) is 11.5 Å². The van der Waals surface area contributed by atoms with E-state index in [0.29, 0.717) is 11.6 Å². The van der Waals surface area contributed by atoms with Crippen LogP contribution in [0.5, 0.6) is 11.5 Å². The van der Waals surface area contributed by atoms with E-state index in [0.717, 1.165) is 22.6 Å². The lowest BCUT2D eigenvalue weighted by Gasteiger charge is -2.09. The Morgan fingerprint density at radius 2 is 2.33 bits per heavy atom. The van der Waals surface area contributed by atoms with E-state index >= 15 is 0 Å². The number of fused-ring (bicyclic) bond motifs is 1. The summed E-state index contributed by atoms with van der Waals surface area (Å²) in [4.78, 5) is 4.78. The van der Waals surface area contributed by atoms with Gasteiger partial charge in [-0.25, -0.2) is 0 Å². The molecule has 0 bridgehead atoms. The van der Waals surface area contributed by atoms with Crippen LogP contribution >= 0.6 is 11.6 Å². The topological polar surface area (TPSA) is 39.7 Å². The molecule has 0 unspecified atom stereocenters. The molecular formula is C10H12ClNO3. The Bertz CT molecular complexity index is 381. The van der Waals surface area contributed by atoms with Crippen molar-refractivity contribution in [2.45, 2.75) is 13.5 Å². The normalized spacial score (nSPS) is 13.3. The minimum absolute atomic E-state index is 0.258. The van der Waals surface area contributed by atoms with Gasteiger partial charge in [0, 0.05) is 12.1 Å². The standard InChI is InChI=1S/C10H12ClNO3/c1-6-9(11)7(4-12-13-2)3-8-10(6)15-5-14-8/h3,12H,4-5H2,1-2H3. The molecule has 0 atom stereocenters. The average molecular weight is 230 g/mol. The Morgan fingerprint density at radius 3 is 3.07 bits per heavy atom. The van der Waals surface area contributed by atoms with Crippen LogP contribution in [0.1, 0.15) is 11.1 Å². The molecule has 1 heterocycles. The molecule has 4 nitrogen and oxygen atoms in total. The Labute approximate surface area is 93.0 Å². The van der Waals surface area contributed by atoms with Crippen molar-refractivity contribution in [2.75, 3.05) is 13.9 Å². The summed E-state index contributed by atoms with van der Waals surface area (Å²) in [5.41, 5.74) is 4.58. The van der Waals surface area contributed by atoms with Crippen molar-refractivity contribution in [3.8, 4) is 11.5 Å². The maximum atomic E-state index is 6.18. The fourth-order valence-corrected chi connectivity index (χ4v) is 1.74. The van der Waals surface area contributed by atoms with Crippen LogP contribution in [0.2, 0.25) is 5.02 Å². The number of benzene rings is 1. The highest BCUT2D eigenvalue weighted by Crippen LogP contribution is 2.41. The van der Waals surface area contributed by atoms with E-state index in [2.05, 4.69) is 5.48 Å². The van der Waals surface area contributed by atoms with Gasteiger partial charge in [-0.15, -0.1) is 0 Å². The third-order valence-corrected chi connectivity index (χ3v) is 2.83. The van der Waals surface area contributed by atoms with Crippen molar-refractivity contribution in [1.29, 1.82) is 0 Å². The van der Waals surface area contributed by atoms with E-state index < -0.39 is 0 Å². The van der Waals surface area contributed by atoms with Crippen LogP contribution in [-0.4, -0.2) is 13.9 Å². The van der Waals surface area contributed by atoms with E-state index in [9.17, 15) is 0 Å². The molecule has 15 heavy (non-hydrogen) atoms. The number of ether oxygens (including phenoxy) is 2. The lowest BCUT2D eigenvalue weighted by atomic mass is 10.1. The molecule has 1 aromatic rings. The monoisotopic (exact) mass is 229 g/mol. The summed E-state index contributed by atoms with van der Waals surface area (Å²) in [5.74, 6) is 1.48. The summed E-state index contributed by atoms with van der Waals surface area (Å²) in [6.07, 6.45) is 0. The third-order valence-electron chi connectivity index (χ3n) is 2.31. The van der Waals surface area contributed by atoms with Gasteiger partial charge in [0.25, 0.3) is 0 Å². The molecule has 1 aliphatic heterocycles. The van der Waals surface area contributed by atoms with Gasteiger partial charge in [-0.05, 0) is 18.6 Å². The fourth-order valence-electron chi connectivity index (χ4n) is 1.53. The van der Waals surface area contributed by atoms with Gasteiger partial charge < -0.3 is 14.3 Å². The second-order valence-corrected chi connectivity index (χ2v) is 3.61. The zero-order valence-electron chi connectivity index (χ0n) is 8.59. The van der Waals surface area contributed by atoms with E-state index in [-0.39, 0.29) is 6.79 Å². The van der Waals surface area contributed by atoms with Crippen molar-refractivity contribution in [2.24, 2.45) is 0 Å². The van der Waals surface area contributed by atoms with Crippen molar-refractivity contribution < 1.29 is 14.3 Å². The molecule has 0 radical (unpaired) electrons. The van der Waals surface area contributed by atoms with Gasteiger partial charge >= 0.3 is 0 Å². The molecular weight excluding hydrogens is 218 g/mol. The van der Waals surface area contributed by atoms with Crippen LogP contribution < -0.4 is 15.0 Å². The van der Waals surface area contributed by atoms with Gasteiger partial charge in [-0.1, -0.05) is 11.6 Å². The van der Waals surface area contributed by atoms with Crippen LogP contribution in [0.15, 0.2) is 6.07 Å². The molecule has 0 saturated carbocycles. The molecule has 2 rings (SSSR count). The molecule has 82 valence electrons. The van der Waals surface area contributed by atoms with Crippen molar-refractivity contribution in [3.63, 3.8) is 0 Å². The second kappa shape index (κ2) is 4.26. The molecule has 0 aliphatic carbocycles. The number of halogens is 1. The van der Waals surface area contributed by atoms with Crippen molar-refractivity contribution in [3.05, 3.63) is 22.2 Å². The predicted octanol–water partition coefficient (Wildman–Crippen LogP) is 2.03. The maximum Gasteiger partial charge on any atom is 0.231 e. The first-order valence-corrected chi connectivity index (χ1v) is 4.95. The number of hydrogen-bond acceptors (Lipinski definition) is 4. The summed E-state index contributed by atoms with van der Waals surface area (Å²) in [6, 6.07) is 1.86. The molecule has 0 spiro atoms. The lowest BCUT2D eigenvalue weighted by Crippen LogP contribution is -2.11. The van der Waals surface area contributed by atoms with Crippen LogP contribution in [0.25, 0.3) is 0 Å². The SMILES string of the molecule is CONCc1cc2c(c(C)c1Cl)OCO2. The van der Waals surface area contributed by atoms with Gasteiger partial charge in [0.2, 0.25) is 6.79 Å². The zero-order valence-corrected chi connectivity index (χ0v) is 9.35. The fraction of sp³-hybridized carbons (Fsp3) is 0.400. The van der Waals surface area contributed by atoms with Crippen molar-refractivity contribution >= 4 is 11.6 Å². The largest absolute Gasteiger partial charge is 0.454 e. The molecule has 0 saturated heterocycles. The smallest absolute Gasteiger partial charge is 0.231 e. The maximum absolute atomic E-state index is 6.18. The highest BCUT2D eigenvalue weighted by atomic mass is 35.5. The van der Waals surface area contributed by atoms with Crippen LogP contribution in [-0.2, 0) is 11.4 Å². The van der Waals surface area contributed by atoms with E-state index in [1.807, 2.05) is 13.0 Å². The van der Waals surface area contributed by atoms with E-state index in [1.54, 1.807) is 7.11 Å². The first-order valence-electron chi connectivity index (χ1n) is 4.57. The highest BCUT2D eigenvalue weighted by molar-refractivity contribution is 6.32. The Hall–Kier alpha value is -0.970. The zero-order chi connectivity index (χ0) is 10.8. The minimum Gasteiger partial charge on any atom is -0.454 e. The molecule has 0 aromatic heterocycles. The number of nitrogens with one attached hydrogen (secondary N) is 1. The van der Waals surface area contributed by atoms with Gasteiger partial charge in [0.1, 0.15) is 0 Å². The summed E-state index contributed by atoms with van der Waals surface area (Å²) >= 11 is 6.18. The molecule has 1 aliphatic rings. The number of hydrogen-bond donors (Lipinski definition) is 1. The Balaban J connectivity index is 2.36.